The summed E-state index contributed by atoms with van der Waals surface area (Å²) in [5, 5.41) is 0. The molecule has 0 heterocycles. The van der Waals surface area contributed by atoms with Gasteiger partial charge in [-0.15, -0.1) is 0 Å². The van der Waals surface area contributed by atoms with Crippen LogP contribution in [-0.2, 0) is 4.74 Å². The molecule has 1 aromatic rings. The minimum Gasteiger partial charge on any atom is -0.381 e. The van der Waals surface area contributed by atoms with Crippen LogP contribution in [0.25, 0.3) is 0 Å². The first-order chi connectivity index (χ1) is 10.4. The van der Waals surface area contributed by atoms with Crippen molar-refractivity contribution in [1.29, 1.82) is 0 Å². The van der Waals surface area contributed by atoms with Gasteiger partial charge in [0.2, 0.25) is 0 Å². The first-order valence-electron chi connectivity index (χ1n) is 8.26. The Morgan fingerprint density at radius 2 is 1.82 bits per heavy atom. The fraction of sp³-hybridized carbons (Fsp3) is 0.667. The molecule has 0 saturated carbocycles. The zero-order valence-corrected chi connectivity index (χ0v) is 16.6. The summed E-state index contributed by atoms with van der Waals surface area (Å²) in [5.41, 5.74) is 7.73. The van der Waals surface area contributed by atoms with E-state index >= 15 is 0 Å². The fourth-order valence-electron chi connectivity index (χ4n) is 1.80. The van der Waals surface area contributed by atoms with E-state index in [9.17, 15) is 0 Å². The topological polar surface area (TPSA) is 33.3 Å². The molecule has 0 amide bonds. The van der Waals surface area contributed by atoms with Gasteiger partial charge in [0.05, 0.1) is 5.69 Å². The van der Waals surface area contributed by atoms with Crippen LogP contribution in [0.3, 0.4) is 0 Å². The van der Waals surface area contributed by atoms with Crippen molar-refractivity contribution in [3.05, 3.63) is 28.7 Å². The molecule has 0 fully saturated rings. The summed E-state index contributed by atoms with van der Waals surface area (Å²) >= 11 is 3.53. The van der Waals surface area contributed by atoms with Gasteiger partial charge in [0.1, 0.15) is 0 Å². The monoisotopic (exact) mass is 372 g/mol. The number of hydrogen-bond donors (Lipinski definition) is 2. The van der Waals surface area contributed by atoms with Crippen LogP contribution in [0.1, 0.15) is 54.4 Å². The number of ether oxygens (including phenoxy) is 1. The first kappa shape index (κ1) is 21.4. The van der Waals surface area contributed by atoms with Gasteiger partial charge in [0, 0.05) is 23.2 Å². The van der Waals surface area contributed by atoms with E-state index in [1.165, 1.54) is 0 Å². The maximum Gasteiger partial charge on any atom is 0.0629 e. The van der Waals surface area contributed by atoms with Crippen LogP contribution in [0.2, 0.25) is 0 Å². The zero-order chi connectivity index (χ0) is 17.0. The highest BCUT2D eigenvalue weighted by atomic mass is 79.9. The number of hydrazine groups is 1. The molecule has 22 heavy (non-hydrogen) atoms. The Kier molecular flexibility index (Phi) is 11.6. The Hall–Kier alpha value is -0.580. The van der Waals surface area contributed by atoms with Crippen LogP contribution in [-0.4, -0.2) is 18.8 Å². The lowest BCUT2D eigenvalue weighted by atomic mass is 10.00. The van der Waals surface area contributed by atoms with Crippen LogP contribution in [0.4, 0.5) is 5.69 Å². The molecule has 0 unspecified atom stereocenters. The van der Waals surface area contributed by atoms with Crippen molar-refractivity contribution in [1.82, 2.24) is 5.43 Å². The molecule has 0 bridgehead atoms. The van der Waals surface area contributed by atoms with Crippen LogP contribution in [0, 0.1) is 5.92 Å². The molecular formula is C18H33BrN2O. The van der Waals surface area contributed by atoms with Crippen molar-refractivity contribution in [3.63, 3.8) is 0 Å². The van der Waals surface area contributed by atoms with Crippen molar-refractivity contribution in [2.24, 2.45) is 5.92 Å². The minimum absolute atomic E-state index is 0.0243. The summed E-state index contributed by atoms with van der Waals surface area (Å²) < 4.78 is 6.68. The Balaban J connectivity index is 0.00000211. The molecule has 3 nitrogen and oxygen atoms in total. The van der Waals surface area contributed by atoms with E-state index in [4.69, 9.17) is 4.74 Å². The molecule has 0 spiro atoms. The zero-order valence-electron chi connectivity index (χ0n) is 15.0. The van der Waals surface area contributed by atoms with Crippen LogP contribution in [0.15, 0.2) is 28.7 Å². The summed E-state index contributed by atoms with van der Waals surface area (Å²) in [7, 11) is 0. The van der Waals surface area contributed by atoms with Gasteiger partial charge in [-0.3, -0.25) is 0 Å². The molecule has 0 aliphatic rings. The Morgan fingerprint density at radius 1 is 1.18 bits per heavy atom. The van der Waals surface area contributed by atoms with Crippen LogP contribution < -0.4 is 10.9 Å². The highest BCUT2D eigenvalue weighted by Gasteiger charge is 2.16. The third-order valence-electron chi connectivity index (χ3n) is 2.95. The molecule has 2 N–H and O–H groups in total. The largest absolute Gasteiger partial charge is 0.381 e. The van der Waals surface area contributed by atoms with E-state index in [2.05, 4.69) is 54.5 Å². The number of anilines is 1. The Morgan fingerprint density at radius 3 is 2.41 bits per heavy atom. The average Bonchev–Trinajstić information content (AvgIpc) is 2.48. The molecular weight excluding hydrogens is 340 g/mol. The highest BCUT2D eigenvalue weighted by Crippen LogP contribution is 2.21. The quantitative estimate of drug-likeness (QED) is 0.435. The van der Waals surface area contributed by atoms with E-state index in [1.54, 1.807) is 0 Å². The lowest BCUT2D eigenvalue weighted by Gasteiger charge is -2.27. The SMILES string of the molecule is CC.CC(C)COCCCC(C)(C)NNc1ccccc1Br. The molecule has 0 atom stereocenters. The average molecular weight is 373 g/mol. The predicted octanol–water partition coefficient (Wildman–Crippen LogP) is 5.62. The summed E-state index contributed by atoms with van der Waals surface area (Å²) in [4.78, 5) is 0. The van der Waals surface area contributed by atoms with Gasteiger partial charge in [0.15, 0.2) is 0 Å². The number of benzene rings is 1. The fourth-order valence-corrected chi connectivity index (χ4v) is 2.18. The van der Waals surface area contributed by atoms with E-state index in [1.807, 2.05) is 38.1 Å². The normalized spacial score (nSPS) is 11.1. The van der Waals surface area contributed by atoms with Gasteiger partial charge in [-0.1, -0.05) is 39.8 Å². The standard InChI is InChI=1S/C16H27BrN2O.C2H6/c1-13(2)12-20-11-7-10-16(3,4)19-18-15-9-6-5-8-14(15)17;1-2/h5-6,8-9,13,18-19H,7,10-12H2,1-4H3;1-2H3. The van der Waals surface area contributed by atoms with Crippen LogP contribution >= 0.6 is 15.9 Å². The molecule has 1 rings (SSSR count). The summed E-state index contributed by atoms with van der Waals surface area (Å²) in [6.07, 6.45) is 2.12. The van der Waals surface area contributed by atoms with Crippen LogP contribution in [0.5, 0.6) is 0 Å². The maximum atomic E-state index is 5.62. The molecule has 0 aliphatic heterocycles. The van der Waals surface area contributed by atoms with Crippen molar-refractivity contribution in [2.75, 3.05) is 18.6 Å². The molecule has 1 aromatic carbocycles. The van der Waals surface area contributed by atoms with Crippen molar-refractivity contribution in [2.45, 2.75) is 59.9 Å². The van der Waals surface area contributed by atoms with Gasteiger partial charge in [-0.05, 0) is 60.7 Å². The lowest BCUT2D eigenvalue weighted by Crippen LogP contribution is -2.43. The summed E-state index contributed by atoms with van der Waals surface area (Å²) in [6.45, 7) is 14.4. The number of halogens is 1. The van der Waals surface area contributed by atoms with E-state index in [0.717, 1.165) is 36.2 Å². The van der Waals surface area contributed by atoms with Gasteiger partial charge in [-0.2, -0.15) is 0 Å². The minimum atomic E-state index is 0.0243. The molecule has 0 saturated heterocycles. The van der Waals surface area contributed by atoms with Crippen molar-refractivity contribution < 1.29 is 4.74 Å². The highest BCUT2D eigenvalue weighted by molar-refractivity contribution is 9.10. The summed E-state index contributed by atoms with van der Waals surface area (Å²) in [5.74, 6) is 0.609. The van der Waals surface area contributed by atoms with Gasteiger partial charge in [0.25, 0.3) is 0 Å². The summed E-state index contributed by atoms with van der Waals surface area (Å²) in [6, 6.07) is 8.09. The molecule has 4 heteroatoms. The number of nitrogens with one attached hydrogen (secondary N) is 2. The van der Waals surface area contributed by atoms with Crippen molar-refractivity contribution in [3.8, 4) is 0 Å². The van der Waals surface area contributed by atoms with Crippen molar-refractivity contribution >= 4 is 21.6 Å². The Bertz CT molecular complexity index is 394. The first-order valence-corrected chi connectivity index (χ1v) is 9.05. The smallest absolute Gasteiger partial charge is 0.0629 e. The van der Waals surface area contributed by atoms with Gasteiger partial charge in [-0.25, -0.2) is 5.43 Å². The number of rotatable bonds is 9. The van der Waals surface area contributed by atoms with Gasteiger partial charge < -0.3 is 10.2 Å². The van der Waals surface area contributed by atoms with E-state index in [-0.39, 0.29) is 5.54 Å². The maximum absolute atomic E-state index is 5.62. The van der Waals surface area contributed by atoms with E-state index < -0.39 is 0 Å². The molecule has 128 valence electrons. The third kappa shape index (κ3) is 10.2. The predicted molar refractivity (Wildman–Crippen MR) is 101 cm³/mol. The van der Waals surface area contributed by atoms with Gasteiger partial charge >= 0.3 is 0 Å². The second kappa shape index (κ2) is 11.9. The van der Waals surface area contributed by atoms with E-state index in [0.29, 0.717) is 5.92 Å². The second-order valence-corrected chi connectivity index (χ2v) is 7.04. The molecule has 0 radical (unpaired) electrons. The lowest BCUT2D eigenvalue weighted by molar-refractivity contribution is 0.102. The molecule has 0 aliphatic carbocycles. The molecule has 0 aromatic heterocycles. The number of para-hydroxylation sites is 1. The third-order valence-corrected chi connectivity index (χ3v) is 3.64. The number of hydrogen-bond acceptors (Lipinski definition) is 3. The second-order valence-electron chi connectivity index (χ2n) is 6.19. The Labute approximate surface area is 145 Å².